The molecule has 0 spiro atoms. The Kier molecular flexibility index (Phi) is 4.29. The zero-order chi connectivity index (χ0) is 17.1. The number of benzene rings is 2. The van der Waals surface area contributed by atoms with E-state index in [9.17, 15) is 9.59 Å². The molecule has 120 valence electrons. The van der Waals surface area contributed by atoms with Gasteiger partial charge in [-0.2, -0.15) is 0 Å². The van der Waals surface area contributed by atoms with E-state index in [0.29, 0.717) is 22.2 Å². The Labute approximate surface area is 139 Å². The van der Waals surface area contributed by atoms with Crippen LogP contribution in [-0.4, -0.2) is 18.1 Å². The maximum Gasteiger partial charge on any atom is 0.339 e. The number of carbonyl (C=O) groups is 1. The lowest BCUT2D eigenvalue weighted by molar-refractivity contribution is -0.133. The number of fused-ring (bicyclic) bond motifs is 1. The van der Waals surface area contributed by atoms with Crippen LogP contribution in [0.5, 0.6) is 0 Å². The van der Waals surface area contributed by atoms with Gasteiger partial charge in [-0.1, -0.05) is 42.0 Å². The van der Waals surface area contributed by atoms with E-state index in [1.54, 1.807) is 24.3 Å². The molecule has 0 aliphatic carbocycles. The molecule has 0 saturated heterocycles. The smallest absolute Gasteiger partial charge is 0.339 e. The number of methoxy groups -OCH3 is 1. The highest BCUT2D eigenvalue weighted by Gasteiger charge is 2.15. The van der Waals surface area contributed by atoms with Crippen molar-refractivity contribution < 1.29 is 9.53 Å². The Hall–Kier alpha value is -3.14. The molecule has 0 unspecified atom stereocenters. The number of nitrogens with one attached hydrogen (secondary N) is 1. The number of aromatic amines is 1. The normalized spacial score (nSPS) is 11.5. The zero-order valence-electron chi connectivity index (χ0n) is 13.5. The minimum atomic E-state index is -0.499. The Morgan fingerprint density at radius 1 is 1.08 bits per heavy atom. The number of hydrogen-bond donors (Lipinski definition) is 1. The van der Waals surface area contributed by atoms with Crippen LogP contribution < -0.4 is 5.43 Å². The molecule has 3 rings (SSSR count). The number of ether oxygens (including phenoxy) is 1. The molecule has 0 saturated carbocycles. The summed E-state index contributed by atoms with van der Waals surface area (Å²) in [5.74, 6) is -0.499. The van der Waals surface area contributed by atoms with Gasteiger partial charge in [0.2, 0.25) is 0 Å². The van der Waals surface area contributed by atoms with Crippen molar-refractivity contribution >= 4 is 28.5 Å². The first kappa shape index (κ1) is 15.7. The second kappa shape index (κ2) is 6.54. The monoisotopic (exact) mass is 319 g/mol. The van der Waals surface area contributed by atoms with Gasteiger partial charge < -0.3 is 9.72 Å². The molecule has 0 atom stereocenters. The van der Waals surface area contributed by atoms with E-state index in [0.717, 1.165) is 11.1 Å². The van der Waals surface area contributed by atoms with Crippen molar-refractivity contribution in [2.75, 3.05) is 7.11 Å². The van der Waals surface area contributed by atoms with Gasteiger partial charge in [0.05, 0.1) is 18.4 Å². The summed E-state index contributed by atoms with van der Waals surface area (Å²) in [4.78, 5) is 27.7. The molecule has 0 aliphatic rings. The predicted molar refractivity (Wildman–Crippen MR) is 95.6 cm³/mol. The zero-order valence-corrected chi connectivity index (χ0v) is 13.5. The highest BCUT2D eigenvalue weighted by atomic mass is 16.5. The fourth-order valence-electron chi connectivity index (χ4n) is 2.53. The van der Waals surface area contributed by atoms with Gasteiger partial charge in [-0.3, -0.25) is 4.79 Å². The number of para-hydroxylation sites is 1. The van der Waals surface area contributed by atoms with Crippen LogP contribution in [0.15, 0.2) is 59.4 Å². The maximum atomic E-state index is 12.3. The highest BCUT2D eigenvalue weighted by Crippen LogP contribution is 2.19. The summed E-state index contributed by atoms with van der Waals surface area (Å²) in [5.41, 5.74) is 3.27. The average Bonchev–Trinajstić information content (AvgIpc) is 2.60. The van der Waals surface area contributed by atoms with Crippen LogP contribution in [0.2, 0.25) is 0 Å². The second-order valence-electron chi connectivity index (χ2n) is 5.55. The third-order valence-electron chi connectivity index (χ3n) is 3.82. The number of H-pyrrole nitrogens is 1. The summed E-state index contributed by atoms with van der Waals surface area (Å²) in [7, 11) is 1.32. The number of hydrogen-bond acceptors (Lipinski definition) is 3. The third kappa shape index (κ3) is 3.13. The van der Waals surface area contributed by atoms with Crippen molar-refractivity contribution in [3.8, 4) is 0 Å². The lowest BCUT2D eigenvalue weighted by Gasteiger charge is -2.08. The number of esters is 1. The van der Waals surface area contributed by atoms with E-state index in [-0.39, 0.29) is 5.43 Å². The summed E-state index contributed by atoms with van der Waals surface area (Å²) in [6, 6.07) is 16.4. The predicted octanol–water partition coefficient (Wildman–Crippen LogP) is 3.55. The van der Waals surface area contributed by atoms with Crippen LogP contribution >= 0.6 is 0 Å². The van der Waals surface area contributed by atoms with Gasteiger partial charge in [0, 0.05) is 17.0 Å². The summed E-state index contributed by atoms with van der Waals surface area (Å²) < 4.78 is 4.89. The number of aryl methyl sites for hydroxylation is 1. The molecule has 1 heterocycles. The van der Waals surface area contributed by atoms with Crippen LogP contribution in [0, 0.1) is 6.92 Å². The van der Waals surface area contributed by atoms with E-state index < -0.39 is 5.97 Å². The minimum Gasteiger partial charge on any atom is -0.465 e. The summed E-state index contributed by atoms with van der Waals surface area (Å²) in [6.07, 6.45) is 1.71. The molecular formula is C20H17NO3. The second-order valence-corrected chi connectivity index (χ2v) is 5.55. The number of carbonyl (C=O) groups excluding carboxylic acids is 1. The number of aromatic nitrogens is 1. The van der Waals surface area contributed by atoms with E-state index in [4.69, 9.17) is 4.74 Å². The topological polar surface area (TPSA) is 59.2 Å². The first-order valence-corrected chi connectivity index (χ1v) is 7.57. The molecular weight excluding hydrogens is 302 g/mol. The molecule has 2 aromatic carbocycles. The van der Waals surface area contributed by atoms with Gasteiger partial charge in [-0.25, -0.2) is 4.79 Å². The fourth-order valence-corrected chi connectivity index (χ4v) is 2.53. The molecule has 24 heavy (non-hydrogen) atoms. The standard InChI is InChI=1S/C20H17NO3/c1-13-7-9-14(10-8-13)11-16(20(23)24-2)18-12-19(22)15-5-3-4-6-17(15)21-18/h3-12H,1-2H3,(H,21,22)/b16-11-. The van der Waals surface area contributed by atoms with Gasteiger partial charge in [-0.05, 0) is 30.7 Å². The molecule has 1 N–H and O–H groups in total. The van der Waals surface area contributed by atoms with Crippen LogP contribution in [0.1, 0.15) is 16.8 Å². The molecule has 0 radical (unpaired) electrons. The van der Waals surface area contributed by atoms with Gasteiger partial charge >= 0.3 is 5.97 Å². The Balaban J connectivity index is 2.18. The van der Waals surface area contributed by atoms with Gasteiger partial charge in [0.25, 0.3) is 0 Å². The van der Waals surface area contributed by atoms with Crippen molar-refractivity contribution in [2.24, 2.45) is 0 Å². The summed E-state index contributed by atoms with van der Waals surface area (Å²) in [6.45, 7) is 2.00. The number of rotatable bonds is 3. The van der Waals surface area contributed by atoms with Crippen molar-refractivity contribution in [2.45, 2.75) is 6.92 Å². The van der Waals surface area contributed by atoms with Crippen LogP contribution in [0.25, 0.3) is 22.6 Å². The Morgan fingerprint density at radius 3 is 2.50 bits per heavy atom. The van der Waals surface area contributed by atoms with Crippen molar-refractivity contribution in [1.82, 2.24) is 4.98 Å². The summed E-state index contributed by atoms with van der Waals surface area (Å²) in [5, 5.41) is 0.584. The largest absolute Gasteiger partial charge is 0.465 e. The Bertz CT molecular complexity index is 982. The molecule has 3 aromatic rings. The van der Waals surface area contributed by atoms with Crippen LogP contribution in [0.3, 0.4) is 0 Å². The van der Waals surface area contributed by atoms with Crippen molar-refractivity contribution in [3.05, 3.63) is 81.6 Å². The molecule has 0 amide bonds. The average molecular weight is 319 g/mol. The van der Waals surface area contributed by atoms with Gasteiger partial charge in [0.1, 0.15) is 0 Å². The van der Waals surface area contributed by atoms with Gasteiger partial charge in [0.15, 0.2) is 5.43 Å². The van der Waals surface area contributed by atoms with Gasteiger partial charge in [-0.15, -0.1) is 0 Å². The Morgan fingerprint density at radius 2 is 1.79 bits per heavy atom. The van der Waals surface area contributed by atoms with E-state index in [2.05, 4.69) is 4.98 Å². The highest BCUT2D eigenvalue weighted by molar-refractivity contribution is 6.21. The molecule has 1 aromatic heterocycles. The maximum absolute atomic E-state index is 12.3. The first-order valence-electron chi connectivity index (χ1n) is 7.57. The van der Waals surface area contributed by atoms with Crippen LogP contribution in [0.4, 0.5) is 0 Å². The molecule has 0 fully saturated rings. The van der Waals surface area contributed by atoms with E-state index >= 15 is 0 Å². The SMILES string of the molecule is COC(=O)/C(=C\c1ccc(C)cc1)c1cc(=O)c2ccccc2[nH]1. The fraction of sp³-hybridized carbons (Fsp3) is 0.100. The molecule has 0 bridgehead atoms. The lowest BCUT2D eigenvalue weighted by Crippen LogP contribution is -2.10. The van der Waals surface area contributed by atoms with Crippen LogP contribution in [-0.2, 0) is 9.53 Å². The van der Waals surface area contributed by atoms with E-state index in [1.165, 1.54) is 13.2 Å². The molecule has 0 aliphatic heterocycles. The molecule has 4 nitrogen and oxygen atoms in total. The molecule has 4 heteroatoms. The lowest BCUT2D eigenvalue weighted by atomic mass is 10.0. The third-order valence-corrected chi connectivity index (χ3v) is 3.82. The van der Waals surface area contributed by atoms with Crippen molar-refractivity contribution in [1.29, 1.82) is 0 Å². The summed E-state index contributed by atoms with van der Waals surface area (Å²) >= 11 is 0. The van der Waals surface area contributed by atoms with E-state index in [1.807, 2.05) is 37.3 Å². The minimum absolute atomic E-state index is 0.141. The quantitative estimate of drug-likeness (QED) is 0.593. The number of pyridine rings is 1. The first-order chi connectivity index (χ1) is 11.6. The van der Waals surface area contributed by atoms with Crippen molar-refractivity contribution in [3.63, 3.8) is 0 Å².